The summed E-state index contributed by atoms with van der Waals surface area (Å²) in [5.41, 5.74) is 0.480. The van der Waals surface area contributed by atoms with E-state index in [2.05, 4.69) is 16.8 Å². The van der Waals surface area contributed by atoms with Crippen molar-refractivity contribution < 1.29 is 9.90 Å². The van der Waals surface area contributed by atoms with Gasteiger partial charge in [-0.05, 0) is 29.9 Å². The van der Waals surface area contributed by atoms with E-state index in [1.54, 1.807) is 6.20 Å². The van der Waals surface area contributed by atoms with Gasteiger partial charge in [0.05, 0.1) is 0 Å². The Hall–Kier alpha value is -1.42. The van der Waals surface area contributed by atoms with Crippen molar-refractivity contribution >= 4 is 5.97 Å². The van der Waals surface area contributed by atoms with Gasteiger partial charge in [0.1, 0.15) is 5.54 Å². The maximum absolute atomic E-state index is 11.5. The highest BCUT2D eigenvalue weighted by Crippen LogP contribution is 2.55. The summed E-state index contributed by atoms with van der Waals surface area (Å²) in [6.07, 6.45) is 4.36. The summed E-state index contributed by atoms with van der Waals surface area (Å²) in [5, 5.41) is 9.47. The fourth-order valence-electron chi connectivity index (χ4n) is 3.41. The summed E-state index contributed by atoms with van der Waals surface area (Å²) >= 11 is 0. The van der Waals surface area contributed by atoms with Gasteiger partial charge in [0, 0.05) is 25.5 Å². The Labute approximate surface area is 100 Å². The minimum absolute atomic E-state index is 0.275. The van der Waals surface area contributed by atoms with Gasteiger partial charge in [-0.1, -0.05) is 13.0 Å². The van der Waals surface area contributed by atoms with Crippen LogP contribution in [0.2, 0.25) is 0 Å². The Morgan fingerprint density at radius 2 is 2.53 bits per heavy atom. The minimum Gasteiger partial charge on any atom is -0.480 e. The third kappa shape index (κ3) is 1.33. The van der Waals surface area contributed by atoms with Crippen LogP contribution in [0, 0.1) is 11.8 Å². The highest BCUT2D eigenvalue weighted by atomic mass is 16.4. The second-order valence-corrected chi connectivity index (χ2v) is 5.22. The lowest BCUT2D eigenvalue weighted by molar-refractivity contribution is -0.157. The first-order valence-corrected chi connectivity index (χ1v) is 6.02. The van der Waals surface area contributed by atoms with E-state index in [4.69, 9.17) is 0 Å². The molecule has 2 bridgehead atoms. The predicted molar refractivity (Wildman–Crippen MR) is 62.3 cm³/mol. The fraction of sp³-hybridized carbons (Fsp3) is 0.538. The van der Waals surface area contributed by atoms with Crippen LogP contribution in [-0.4, -0.2) is 33.0 Å². The number of pyridine rings is 1. The van der Waals surface area contributed by atoms with E-state index in [-0.39, 0.29) is 5.92 Å². The average molecular weight is 232 g/mol. The lowest BCUT2D eigenvalue weighted by Crippen LogP contribution is -2.58. The molecule has 4 nitrogen and oxygen atoms in total. The molecule has 3 aliphatic rings. The third-order valence-electron chi connectivity index (χ3n) is 4.52. The molecule has 17 heavy (non-hydrogen) atoms. The quantitative estimate of drug-likeness (QED) is 0.855. The van der Waals surface area contributed by atoms with Gasteiger partial charge in [0.25, 0.3) is 0 Å². The second kappa shape index (κ2) is 3.53. The van der Waals surface area contributed by atoms with Crippen LogP contribution in [0.1, 0.15) is 18.9 Å². The molecule has 0 amide bonds. The van der Waals surface area contributed by atoms with Crippen LogP contribution >= 0.6 is 0 Å². The maximum Gasteiger partial charge on any atom is 0.324 e. The molecule has 1 saturated carbocycles. The lowest BCUT2D eigenvalue weighted by Gasteiger charge is -2.44. The van der Waals surface area contributed by atoms with Crippen LogP contribution in [0.4, 0.5) is 0 Å². The van der Waals surface area contributed by atoms with Crippen molar-refractivity contribution in [2.75, 3.05) is 6.54 Å². The smallest absolute Gasteiger partial charge is 0.324 e. The molecule has 4 rings (SSSR count). The standard InChI is InChI=1S/C13H16N2O2/c1-9-11-5-13(9,12(16)17)15(8-11)7-10-3-2-4-14-6-10/h2-4,6,9,11H,5,7-8H2,1H3,(H,16,17)/t9-,11+,13+/m1/s1. The number of hydrogen-bond acceptors (Lipinski definition) is 3. The summed E-state index contributed by atoms with van der Waals surface area (Å²) in [4.78, 5) is 17.7. The highest BCUT2D eigenvalue weighted by Gasteiger charge is 2.66. The van der Waals surface area contributed by atoms with Gasteiger partial charge in [-0.15, -0.1) is 0 Å². The third-order valence-corrected chi connectivity index (χ3v) is 4.52. The molecule has 0 unspecified atom stereocenters. The molecular weight excluding hydrogens is 216 g/mol. The Morgan fingerprint density at radius 3 is 3.12 bits per heavy atom. The summed E-state index contributed by atoms with van der Waals surface area (Å²) in [5.74, 6) is 0.169. The highest BCUT2D eigenvalue weighted by molar-refractivity contribution is 5.82. The summed E-state index contributed by atoms with van der Waals surface area (Å²) in [6.45, 7) is 3.66. The van der Waals surface area contributed by atoms with Crippen molar-refractivity contribution in [3.63, 3.8) is 0 Å². The number of hydrogen-bond donors (Lipinski definition) is 1. The van der Waals surface area contributed by atoms with E-state index in [0.29, 0.717) is 12.5 Å². The van der Waals surface area contributed by atoms with Crippen LogP contribution in [0.15, 0.2) is 24.5 Å². The van der Waals surface area contributed by atoms with Gasteiger partial charge in [-0.2, -0.15) is 0 Å². The van der Waals surface area contributed by atoms with Crippen molar-refractivity contribution in [2.24, 2.45) is 11.8 Å². The summed E-state index contributed by atoms with van der Waals surface area (Å²) in [6, 6.07) is 3.90. The van der Waals surface area contributed by atoms with Crippen molar-refractivity contribution in [3.05, 3.63) is 30.1 Å². The normalized spacial score (nSPS) is 35.6. The Balaban J connectivity index is 1.83. The van der Waals surface area contributed by atoms with Crippen molar-refractivity contribution in [1.82, 2.24) is 9.88 Å². The van der Waals surface area contributed by atoms with Crippen LogP contribution < -0.4 is 0 Å². The zero-order valence-electron chi connectivity index (χ0n) is 9.84. The van der Waals surface area contributed by atoms with Crippen molar-refractivity contribution in [2.45, 2.75) is 25.4 Å². The zero-order valence-corrected chi connectivity index (χ0v) is 9.84. The number of nitrogens with zero attached hydrogens (tertiary/aromatic N) is 2. The number of fused-ring (bicyclic) bond motifs is 1. The minimum atomic E-state index is -0.664. The maximum atomic E-state index is 11.5. The number of carboxylic acid groups (broad SMARTS) is 1. The van der Waals surface area contributed by atoms with Gasteiger partial charge in [-0.3, -0.25) is 14.7 Å². The van der Waals surface area contributed by atoms with Crippen LogP contribution in [0.3, 0.4) is 0 Å². The number of aromatic nitrogens is 1. The van der Waals surface area contributed by atoms with Gasteiger partial charge < -0.3 is 5.11 Å². The molecule has 2 aliphatic heterocycles. The zero-order chi connectivity index (χ0) is 12.0. The van der Waals surface area contributed by atoms with Crippen LogP contribution in [0.25, 0.3) is 0 Å². The molecule has 2 saturated heterocycles. The molecule has 1 N–H and O–H groups in total. The fourth-order valence-corrected chi connectivity index (χ4v) is 3.41. The van der Waals surface area contributed by atoms with E-state index in [1.807, 2.05) is 18.3 Å². The largest absolute Gasteiger partial charge is 0.480 e. The molecule has 1 aliphatic carbocycles. The Kier molecular flexibility index (Phi) is 2.23. The van der Waals surface area contributed by atoms with Crippen LogP contribution in [0.5, 0.6) is 0 Å². The molecule has 3 fully saturated rings. The van der Waals surface area contributed by atoms with Crippen molar-refractivity contribution in [3.8, 4) is 0 Å². The van der Waals surface area contributed by atoms with E-state index in [1.165, 1.54) is 0 Å². The first-order valence-electron chi connectivity index (χ1n) is 6.02. The Bertz CT molecular complexity index is 448. The summed E-state index contributed by atoms with van der Waals surface area (Å²) in [7, 11) is 0. The molecule has 4 heteroatoms. The topological polar surface area (TPSA) is 53.4 Å². The van der Waals surface area contributed by atoms with E-state index in [0.717, 1.165) is 18.5 Å². The van der Waals surface area contributed by atoms with E-state index >= 15 is 0 Å². The first-order chi connectivity index (χ1) is 8.14. The second-order valence-electron chi connectivity index (χ2n) is 5.22. The molecule has 1 aromatic rings. The molecule has 3 atom stereocenters. The molecule has 3 heterocycles. The molecule has 1 aromatic heterocycles. The molecule has 90 valence electrons. The predicted octanol–water partition coefficient (Wildman–Crippen LogP) is 1.38. The monoisotopic (exact) mass is 232 g/mol. The molecule has 0 spiro atoms. The SMILES string of the molecule is C[C@@H]1[C@@H]2CN(Cc3cccnc3)[C@@]1(C(=O)O)C2. The van der Waals surface area contributed by atoms with Crippen molar-refractivity contribution in [1.29, 1.82) is 0 Å². The van der Waals surface area contributed by atoms with Gasteiger partial charge in [0.15, 0.2) is 0 Å². The average Bonchev–Trinajstić information content (AvgIpc) is 2.82. The number of carbonyl (C=O) groups is 1. The lowest BCUT2D eigenvalue weighted by atomic mass is 9.64. The molecule has 0 radical (unpaired) electrons. The Morgan fingerprint density at radius 1 is 1.71 bits per heavy atom. The number of rotatable bonds is 3. The van der Waals surface area contributed by atoms with E-state index in [9.17, 15) is 9.90 Å². The summed E-state index contributed by atoms with van der Waals surface area (Å²) < 4.78 is 0. The van der Waals surface area contributed by atoms with Gasteiger partial charge in [0.2, 0.25) is 0 Å². The molecule has 0 aromatic carbocycles. The number of aliphatic carboxylic acids is 1. The number of carboxylic acids is 1. The molecular formula is C13H16N2O2. The van der Waals surface area contributed by atoms with Gasteiger partial charge >= 0.3 is 5.97 Å². The van der Waals surface area contributed by atoms with Gasteiger partial charge in [-0.25, -0.2) is 0 Å². The van der Waals surface area contributed by atoms with E-state index < -0.39 is 11.5 Å². The first kappa shape index (κ1) is 10.7. The van der Waals surface area contributed by atoms with Crippen LogP contribution in [-0.2, 0) is 11.3 Å².